The molecule has 0 atom stereocenters. The van der Waals surface area contributed by atoms with Crippen LogP contribution in [0.15, 0.2) is 0 Å². The minimum absolute atomic E-state index is 0.0769. The van der Waals surface area contributed by atoms with Gasteiger partial charge in [-0.25, -0.2) is 8.42 Å². The van der Waals surface area contributed by atoms with E-state index < -0.39 is 9.84 Å². The van der Waals surface area contributed by atoms with Crippen LogP contribution in [0, 0.1) is 16.7 Å². The van der Waals surface area contributed by atoms with E-state index in [-0.39, 0.29) is 16.9 Å². The summed E-state index contributed by atoms with van der Waals surface area (Å²) in [6, 6.07) is 1.64. The fraction of sp³-hybridized carbons (Fsp3) is 0.857. The lowest BCUT2D eigenvalue weighted by Gasteiger charge is -2.16. The molecule has 0 aromatic carbocycles. The maximum absolute atomic E-state index is 11.0. The quantitative estimate of drug-likeness (QED) is 0.628. The summed E-state index contributed by atoms with van der Waals surface area (Å²) in [6.45, 7) is 5.51. The van der Waals surface area contributed by atoms with Gasteiger partial charge >= 0.3 is 0 Å². The molecule has 0 aliphatic carbocycles. The third-order valence-corrected chi connectivity index (χ3v) is 2.81. The van der Waals surface area contributed by atoms with Crippen LogP contribution in [-0.4, -0.2) is 19.9 Å². The molecule has 11 heavy (non-hydrogen) atoms. The van der Waals surface area contributed by atoms with Crippen molar-refractivity contribution in [2.24, 2.45) is 5.41 Å². The molecule has 0 aromatic heterocycles. The number of hydrogen-bond acceptors (Lipinski definition) is 3. The lowest BCUT2D eigenvalue weighted by atomic mass is 10.0. The molecule has 0 bridgehead atoms. The Hall–Kier alpha value is -0.560. The summed E-state index contributed by atoms with van der Waals surface area (Å²) in [5.41, 5.74) is -0.254. The maximum atomic E-state index is 11.0. The Morgan fingerprint density at radius 1 is 1.36 bits per heavy atom. The normalized spacial score (nSPS) is 12.5. The van der Waals surface area contributed by atoms with Crippen LogP contribution in [0.3, 0.4) is 0 Å². The molecule has 64 valence electrons. The molecule has 0 heterocycles. The van der Waals surface area contributed by atoms with E-state index in [0.29, 0.717) is 0 Å². The molecule has 0 aliphatic rings. The van der Waals surface area contributed by atoms with Gasteiger partial charge in [0.2, 0.25) is 0 Å². The van der Waals surface area contributed by atoms with Crippen molar-refractivity contribution in [3.63, 3.8) is 0 Å². The molecule has 0 aromatic rings. The van der Waals surface area contributed by atoms with E-state index in [1.54, 1.807) is 6.07 Å². The Morgan fingerprint density at radius 2 is 1.82 bits per heavy atom. The smallest absolute Gasteiger partial charge is 0.164 e. The second-order valence-corrected chi connectivity index (χ2v) is 5.82. The summed E-state index contributed by atoms with van der Waals surface area (Å²) >= 11 is 0. The summed E-state index contributed by atoms with van der Waals surface area (Å²) in [6.07, 6.45) is 0. The van der Waals surface area contributed by atoms with Crippen LogP contribution < -0.4 is 0 Å². The van der Waals surface area contributed by atoms with Gasteiger partial charge in [0.15, 0.2) is 9.84 Å². The van der Waals surface area contributed by atoms with Gasteiger partial charge in [-0.1, -0.05) is 20.8 Å². The first kappa shape index (κ1) is 10.4. The van der Waals surface area contributed by atoms with Gasteiger partial charge < -0.3 is 0 Å². The van der Waals surface area contributed by atoms with E-state index in [2.05, 4.69) is 0 Å². The number of sulfone groups is 1. The number of rotatable bonds is 2. The first-order chi connectivity index (χ1) is 4.77. The average molecular weight is 175 g/mol. The van der Waals surface area contributed by atoms with Gasteiger partial charge in [0.05, 0.1) is 11.8 Å². The average Bonchev–Trinajstić information content (AvgIpc) is 1.55. The Morgan fingerprint density at radius 3 is 2.09 bits per heavy atom. The predicted octanol–water partition coefficient (Wildman–Crippen LogP) is 0.971. The maximum Gasteiger partial charge on any atom is 0.164 e. The predicted molar refractivity (Wildman–Crippen MR) is 43.7 cm³/mol. The van der Waals surface area contributed by atoms with Crippen molar-refractivity contribution >= 4 is 9.84 Å². The van der Waals surface area contributed by atoms with E-state index in [9.17, 15) is 8.42 Å². The monoisotopic (exact) mass is 175 g/mol. The molecule has 0 radical (unpaired) electrons. The van der Waals surface area contributed by atoms with Crippen LogP contribution in [0.4, 0.5) is 0 Å². The molecule has 0 fully saturated rings. The van der Waals surface area contributed by atoms with Crippen molar-refractivity contribution in [2.45, 2.75) is 20.8 Å². The highest BCUT2D eigenvalue weighted by molar-refractivity contribution is 7.91. The first-order valence-corrected chi connectivity index (χ1v) is 5.16. The second-order valence-electron chi connectivity index (χ2n) is 3.75. The lowest BCUT2D eigenvalue weighted by Crippen LogP contribution is -2.22. The summed E-state index contributed by atoms with van der Waals surface area (Å²) in [5.74, 6) is -0.294. The van der Waals surface area contributed by atoms with Crippen LogP contribution in [-0.2, 0) is 9.84 Å². The molecule has 3 nitrogen and oxygen atoms in total. The zero-order chi connectivity index (χ0) is 9.12. The Labute approximate surface area is 67.9 Å². The van der Waals surface area contributed by atoms with Gasteiger partial charge in [-0.05, 0) is 5.41 Å². The zero-order valence-electron chi connectivity index (χ0n) is 7.09. The van der Waals surface area contributed by atoms with Crippen LogP contribution in [0.25, 0.3) is 0 Å². The van der Waals surface area contributed by atoms with Gasteiger partial charge in [0.1, 0.15) is 5.75 Å². The van der Waals surface area contributed by atoms with Crippen molar-refractivity contribution in [3.8, 4) is 6.07 Å². The summed E-state index contributed by atoms with van der Waals surface area (Å²) in [4.78, 5) is 0. The lowest BCUT2D eigenvalue weighted by molar-refractivity contribution is 0.462. The highest BCUT2D eigenvalue weighted by atomic mass is 32.2. The zero-order valence-corrected chi connectivity index (χ0v) is 7.90. The Balaban J connectivity index is 4.30. The third kappa shape index (κ3) is 5.86. The number of nitriles is 1. The van der Waals surface area contributed by atoms with E-state index in [1.165, 1.54) is 0 Å². The highest BCUT2D eigenvalue weighted by Crippen LogP contribution is 2.15. The van der Waals surface area contributed by atoms with Gasteiger partial charge in [-0.3, -0.25) is 0 Å². The molecular formula is C7H13NO2S. The van der Waals surface area contributed by atoms with Crippen LogP contribution in [0.1, 0.15) is 20.8 Å². The van der Waals surface area contributed by atoms with E-state index >= 15 is 0 Å². The molecule has 0 saturated carbocycles. The SMILES string of the molecule is CC(C)(C)CS(=O)(=O)CC#N. The van der Waals surface area contributed by atoms with Gasteiger partial charge in [0.25, 0.3) is 0 Å². The first-order valence-electron chi connectivity index (χ1n) is 3.34. The molecule has 4 heteroatoms. The number of nitrogens with zero attached hydrogens (tertiary/aromatic N) is 1. The number of hydrogen-bond donors (Lipinski definition) is 0. The highest BCUT2D eigenvalue weighted by Gasteiger charge is 2.20. The van der Waals surface area contributed by atoms with Crippen LogP contribution >= 0.6 is 0 Å². The molecular weight excluding hydrogens is 162 g/mol. The van der Waals surface area contributed by atoms with Crippen LogP contribution in [0.2, 0.25) is 0 Å². The fourth-order valence-electron chi connectivity index (χ4n) is 0.809. The topological polar surface area (TPSA) is 57.9 Å². The molecule has 0 unspecified atom stereocenters. The van der Waals surface area contributed by atoms with Crippen molar-refractivity contribution in [1.82, 2.24) is 0 Å². The van der Waals surface area contributed by atoms with Gasteiger partial charge in [-0.15, -0.1) is 0 Å². The van der Waals surface area contributed by atoms with Crippen molar-refractivity contribution in [1.29, 1.82) is 5.26 Å². The Kier molecular flexibility index (Phi) is 3.06. The largest absolute Gasteiger partial charge is 0.228 e. The minimum atomic E-state index is -3.15. The van der Waals surface area contributed by atoms with E-state index in [0.717, 1.165) is 0 Å². The molecule has 0 N–H and O–H groups in total. The van der Waals surface area contributed by atoms with Crippen molar-refractivity contribution in [2.75, 3.05) is 11.5 Å². The van der Waals surface area contributed by atoms with Crippen LogP contribution in [0.5, 0.6) is 0 Å². The molecule has 0 aliphatic heterocycles. The summed E-state index contributed by atoms with van der Waals surface area (Å²) in [5, 5.41) is 8.17. The van der Waals surface area contributed by atoms with E-state index in [4.69, 9.17) is 5.26 Å². The minimum Gasteiger partial charge on any atom is -0.228 e. The molecule has 0 rings (SSSR count). The molecule has 0 amide bonds. The third-order valence-electron chi connectivity index (χ3n) is 0.937. The summed E-state index contributed by atoms with van der Waals surface area (Å²) < 4.78 is 22.0. The standard InChI is InChI=1S/C7H13NO2S/c1-7(2,3)6-11(9,10)5-4-8/h5-6H2,1-3H3. The van der Waals surface area contributed by atoms with E-state index in [1.807, 2.05) is 20.8 Å². The fourth-order valence-corrected chi connectivity index (χ4v) is 2.43. The van der Waals surface area contributed by atoms with Crippen molar-refractivity contribution < 1.29 is 8.42 Å². The Bertz CT molecular complexity index is 253. The van der Waals surface area contributed by atoms with Gasteiger partial charge in [-0.2, -0.15) is 5.26 Å². The molecule has 0 spiro atoms. The van der Waals surface area contributed by atoms with Crippen molar-refractivity contribution in [3.05, 3.63) is 0 Å². The molecule has 0 saturated heterocycles. The second kappa shape index (κ2) is 3.22. The summed E-state index contributed by atoms with van der Waals surface area (Å²) in [7, 11) is -3.15. The van der Waals surface area contributed by atoms with Gasteiger partial charge in [0, 0.05) is 0 Å².